The number of hydrogen-bond donors (Lipinski definition) is 2. The Kier molecular flexibility index (Phi) is 5.33. The molecule has 1 aromatic heterocycles. The molecule has 1 amide bonds. The summed E-state index contributed by atoms with van der Waals surface area (Å²) in [6.07, 6.45) is 10.6. The summed E-state index contributed by atoms with van der Waals surface area (Å²) in [7, 11) is 0. The highest BCUT2D eigenvalue weighted by atomic mass is 16.2. The molecule has 1 fully saturated rings. The smallest absolute Gasteiger partial charge is 0.234 e. The van der Waals surface area contributed by atoms with Crippen molar-refractivity contribution in [2.75, 3.05) is 31.1 Å². The average Bonchev–Trinajstić information content (AvgIpc) is 2.49. The molecule has 0 spiro atoms. The standard InChI is InChI=1S/C14H19N5O/c1-2-6-15-10-13(20)18-12-5-3-9-19(11-12)14-16-7-4-8-17-14/h1,4,7-8,12,15H,3,5-6,9-11H2,(H,18,20). The van der Waals surface area contributed by atoms with Gasteiger partial charge in [-0.05, 0) is 18.9 Å². The number of nitrogens with zero attached hydrogens (tertiary/aromatic N) is 3. The zero-order valence-electron chi connectivity index (χ0n) is 11.4. The third-order valence-electron chi connectivity index (χ3n) is 3.13. The van der Waals surface area contributed by atoms with E-state index in [9.17, 15) is 4.79 Å². The van der Waals surface area contributed by atoms with Crippen molar-refractivity contribution in [1.29, 1.82) is 0 Å². The van der Waals surface area contributed by atoms with Gasteiger partial charge < -0.3 is 10.2 Å². The Morgan fingerprint density at radius 2 is 2.30 bits per heavy atom. The third kappa shape index (κ3) is 4.21. The molecule has 1 aliphatic heterocycles. The summed E-state index contributed by atoms with van der Waals surface area (Å²) in [6, 6.07) is 1.93. The van der Waals surface area contributed by atoms with Crippen LogP contribution in [0.2, 0.25) is 0 Å². The van der Waals surface area contributed by atoms with Crippen molar-refractivity contribution in [2.24, 2.45) is 0 Å². The van der Waals surface area contributed by atoms with Gasteiger partial charge in [-0.3, -0.25) is 10.1 Å². The largest absolute Gasteiger partial charge is 0.350 e. The van der Waals surface area contributed by atoms with Crippen molar-refractivity contribution < 1.29 is 4.79 Å². The Balaban J connectivity index is 1.82. The normalized spacial score (nSPS) is 18.4. The fourth-order valence-corrected chi connectivity index (χ4v) is 2.26. The molecule has 2 heterocycles. The lowest BCUT2D eigenvalue weighted by atomic mass is 10.1. The Bertz CT molecular complexity index is 470. The first-order chi connectivity index (χ1) is 9.79. The van der Waals surface area contributed by atoms with Crippen LogP contribution < -0.4 is 15.5 Å². The molecule has 0 aromatic carbocycles. The molecule has 2 N–H and O–H groups in total. The highest BCUT2D eigenvalue weighted by molar-refractivity contribution is 5.78. The number of hydrogen-bond acceptors (Lipinski definition) is 5. The molecular weight excluding hydrogens is 254 g/mol. The van der Waals surface area contributed by atoms with E-state index >= 15 is 0 Å². The number of carbonyl (C=O) groups excluding carboxylic acids is 1. The number of piperidine rings is 1. The molecule has 0 aliphatic carbocycles. The summed E-state index contributed by atoms with van der Waals surface area (Å²) in [5.41, 5.74) is 0. The summed E-state index contributed by atoms with van der Waals surface area (Å²) in [5.74, 6) is 3.13. The number of carbonyl (C=O) groups is 1. The first kappa shape index (κ1) is 14.3. The SMILES string of the molecule is C#CCNCC(=O)NC1CCCN(c2ncccn2)C1. The minimum absolute atomic E-state index is 0.0268. The van der Waals surface area contributed by atoms with Crippen molar-refractivity contribution >= 4 is 11.9 Å². The van der Waals surface area contributed by atoms with Crippen LogP contribution in [0.4, 0.5) is 5.95 Å². The molecule has 6 heteroatoms. The van der Waals surface area contributed by atoms with E-state index < -0.39 is 0 Å². The van der Waals surface area contributed by atoms with Crippen LogP contribution in [-0.4, -0.2) is 48.1 Å². The molecule has 20 heavy (non-hydrogen) atoms. The number of terminal acetylenes is 1. The predicted octanol–water partition coefficient (Wildman–Crippen LogP) is -0.216. The highest BCUT2D eigenvalue weighted by Gasteiger charge is 2.22. The average molecular weight is 273 g/mol. The van der Waals surface area contributed by atoms with Crippen LogP contribution in [-0.2, 0) is 4.79 Å². The van der Waals surface area contributed by atoms with Gasteiger partial charge in [-0.1, -0.05) is 5.92 Å². The lowest BCUT2D eigenvalue weighted by Gasteiger charge is -2.33. The summed E-state index contributed by atoms with van der Waals surface area (Å²) < 4.78 is 0. The quantitative estimate of drug-likeness (QED) is 0.573. The fourth-order valence-electron chi connectivity index (χ4n) is 2.26. The van der Waals surface area contributed by atoms with Gasteiger partial charge in [0.2, 0.25) is 11.9 Å². The van der Waals surface area contributed by atoms with Crippen molar-refractivity contribution in [3.05, 3.63) is 18.5 Å². The van der Waals surface area contributed by atoms with Crippen LogP contribution in [0.1, 0.15) is 12.8 Å². The van der Waals surface area contributed by atoms with Crippen LogP contribution in [0.15, 0.2) is 18.5 Å². The van der Waals surface area contributed by atoms with Crippen LogP contribution in [0.3, 0.4) is 0 Å². The maximum atomic E-state index is 11.7. The Morgan fingerprint density at radius 3 is 3.05 bits per heavy atom. The summed E-state index contributed by atoms with van der Waals surface area (Å²) >= 11 is 0. The zero-order chi connectivity index (χ0) is 14.2. The molecule has 1 unspecified atom stereocenters. The van der Waals surface area contributed by atoms with Gasteiger partial charge in [0.15, 0.2) is 0 Å². The lowest BCUT2D eigenvalue weighted by Crippen LogP contribution is -2.50. The first-order valence-corrected chi connectivity index (χ1v) is 6.75. The van der Waals surface area contributed by atoms with E-state index in [1.54, 1.807) is 18.5 Å². The molecule has 1 saturated heterocycles. The summed E-state index contributed by atoms with van der Waals surface area (Å²) in [4.78, 5) is 22.3. The maximum absolute atomic E-state index is 11.7. The van der Waals surface area contributed by atoms with Gasteiger partial charge in [0.05, 0.1) is 13.1 Å². The van der Waals surface area contributed by atoms with E-state index in [2.05, 4.69) is 31.4 Å². The summed E-state index contributed by atoms with van der Waals surface area (Å²) in [6.45, 7) is 2.32. The van der Waals surface area contributed by atoms with Gasteiger partial charge in [-0.15, -0.1) is 6.42 Å². The molecule has 106 valence electrons. The third-order valence-corrected chi connectivity index (χ3v) is 3.13. The lowest BCUT2D eigenvalue weighted by molar-refractivity contribution is -0.120. The molecule has 2 rings (SSSR count). The Morgan fingerprint density at radius 1 is 1.50 bits per heavy atom. The van der Waals surface area contributed by atoms with E-state index in [0.29, 0.717) is 6.54 Å². The number of anilines is 1. The second-order valence-corrected chi connectivity index (χ2v) is 4.71. The van der Waals surface area contributed by atoms with Gasteiger partial charge in [0, 0.05) is 31.5 Å². The molecule has 1 aliphatic rings. The molecule has 0 radical (unpaired) electrons. The Labute approximate surface area is 119 Å². The first-order valence-electron chi connectivity index (χ1n) is 6.75. The van der Waals surface area contributed by atoms with Gasteiger partial charge in [-0.25, -0.2) is 9.97 Å². The maximum Gasteiger partial charge on any atom is 0.234 e. The molecule has 6 nitrogen and oxygen atoms in total. The van der Waals surface area contributed by atoms with Crippen molar-refractivity contribution in [2.45, 2.75) is 18.9 Å². The van der Waals surface area contributed by atoms with E-state index in [1.165, 1.54) is 0 Å². The fraction of sp³-hybridized carbons (Fsp3) is 0.500. The van der Waals surface area contributed by atoms with E-state index in [4.69, 9.17) is 6.42 Å². The van der Waals surface area contributed by atoms with Crippen molar-refractivity contribution in [1.82, 2.24) is 20.6 Å². The molecule has 1 atom stereocenters. The zero-order valence-corrected chi connectivity index (χ0v) is 11.4. The van der Waals surface area contributed by atoms with Crippen molar-refractivity contribution in [3.8, 4) is 12.3 Å². The summed E-state index contributed by atoms with van der Waals surface area (Å²) in [5, 5.41) is 5.89. The monoisotopic (exact) mass is 273 g/mol. The molecular formula is C14H19N5O. The number of nitrogens with one attached hydrogen (secondary N) is 2. The predicted molar refractivity (Wildman–Crippen MR) is 77.1 cm³/mol. The van der Waals surface area contributed by atoms with Gasteiger partial charge in [0.25, 0.3) is 0 Å². The second-order valence-electron chi connectivity index (χ2n) is 4.71. The van der Waals surface area contributed by atoms with E-state index in [-0.39, 0.29) is 18.5 Å². The topological polar surface area (TPSA) is 70.2 Å². The minimum Gasteiger partial charge on any atom is -0.350 e. The molecule has 1 aromatic rings. The van der Waals surface area contributed by atoms with E-state index in [0.717, 1.165) is 31.9 Å². The van der Waals surface area contributed by atoms with E-state index in [1.807, 2.05) is 0 Å². The Hall–Kier alpha value is -2.13. The van der Waals surface area contributed by atoms with Gasteiger partial charge in [0.1, 0.15) is 0 Å². The van der Waals surface area contributed by atoms with Crippen LogP contribution in [0, 0.1) is 12.3 Å². The van der Waals surface area contributed by atoms with Gasteiger partial charge in [-0.2, -0.15) is 0 Å². The number of aromatic nitrogens is 2. The molecule has 0 bridgehead atoms. The van der Waals surface area contributed by atoms with Crippen LogP contribution in [0.25, 0.3) is 0 Å². The molecule has 0 saturated carbocycles. The van der Waals surface area contributed by atoms with Crippen molar-refractivity contribution in [3.63, 3.8) is 0 Å². The highest BCUT2D eigenvalue weighted by Crippen LogP contribution is 2.14. The minimum atomic E-state index is -0.0268. The van der Waals surface area contributed by atoms with Gasteiger partial charge >= 0.3 is 0 Å². The van der Waals surface area contributed by atoms with Crippen LogP contribution in [0.5, 0.6) is 0 Å². The van der Waals surface area contributed by atoms with Crippen LogP contribution >= 0.6 is 0 Å². The number of rotatable bonds is 5. The number of amides is 1. The second kappa shape index (κ2) is 7.46.